The van der Waals surface area contributed by atoms with Crippen LogP contribution in [0.3, 0.4) is 0 Å². The van der Waals surface area contributed by atoms with Gasteiger partial charge in [-0.25, -0.2) is 13.4 Å². The van der Waals surface area contributed by atoms with Gasteiger partial charge in [-0.3, -0.25) is 4.79 Å². The van der Waals surface area contributed by atoms with Crippen LogP contribution in [0.5, 0.6) is 0 Å². The Morgan fingerprint density at radius 2 is 1.76 bits per heavy atom. The maximum atomic E-state index is 13.5. The van der Waals surface area contributed by atoms with Gasteiger partial charge in [-0.2, -0.15) is 0 Å². The summed E-state index contributed by atoms with van der Waals surface area (Å²) in [4.78, 5) is 20.2. The van der Waals surface area contributed by atoms with Crippen molar-refractivity contribution in [3.63, 3.8) is 0 Å². The lowest BCUT2D eigenvalue weighted by Crippen LogP contribution is -2.37. The molecule has 4 aromatic rings. The second-order valence-corrected chi connectivity index (χ2v) is 12.0. The lowest BCUT2D eigenvalue weighted by Gasteiger charge is -2.26. The molecule has 0 radical (unpaired) electrons. The van der Waals surface area contributed by atoms with Crippen molar-refractivity contribution in [3.05, 3.63) is 106 Å². The summed E-state index contributed by atoms with van der Waals surface area (Å²) < 4.78 is 34.6. The summed E-state index contributed by atoms with van der Waals surface area (Å²) in [7, 11) is -3.74. The summed E-state index contributed by atoms with van der Waals surface area (Å²) in [6, 6.07) is 22.5. The van der Waals surface area contributed by atoms with Gasteiger partial charge in [-0.05, 0) is 35.4 Å². The molecule has 1 fully saturated rings. The molecule has 3 heterocycles. The molecule has 2 aromatic carbocycles. The highest BCUT2D eigenvalue weighted by Crippen LogP contribution is 2.23. The maximum Gasteiger partial charge on any atom is 0.264 e. The highest BCUT2D eigenvalue weighted by Gasteiger charge is 2.28. The number of nitrogens with zero attached hydrogens (tertiary/aromatic N) is 3. The topological polar surface area (TPSA) is 81.5 Å². The van der Waals surface area contributed by atoms with Crippen LogP contribution in [-0.4, -0.2) is 48.0 Å². The molecule has 5 rings (SSSR count). The largest absolute Gasteiger partial charge is 0.376 e. The highest BCUT2D eigenvalue weighted by molar-refractivity contribution is 7.90. The van der Waals surface area contributed by atoms with E-state index in [1.54, 1.807) is 27.8 Å². The minimum Gasteiger partial charge on any atom is -0.376 e. The van der Waals surface area contributed by atoms with Crippen LogP contribution in [0.25, 0.3) is 0 Å². The van der Waals surface area contributed by atoms with Crippen LogP contribution in [0, 0.1) is 0 Å². The number of sulfone groups is 1. The lowest BCUT2D eigenvalue weighted by atomic mass is 10.2. The number of hydrogen-bond acceptors (Lipinski definition) is 6. The quantitative estimate of drug-likeness (QED) is 0.292. The van der Waals surface area contributed by atoms with Gasteiger partial charge in [-0.1, -0.05) is 66.7 Å². The molecule has 1 unspecified atom stereocenters. The van der Waals surface area contributed by atoms with E-state index in [4.69, 9.17) is 4.74 Å². The predicted octanol–water partition coefficient (Wildman–Crippen LogP) is 4.79. The third-order valence-corrected chi connectivity index (χ3v) is 8.84. The standard InChI is InChI=1S/C28H29N3O4S2/c32-27(26-14-8-16-36-26)30(20-25-13-7-15-35-25)19-24-17-29-28(31(24)18-22-9-3-1-4-10-22)37(33,34)21-23-11-5-2-6-12-23/h1-6,8-12,14,16-17,25H,7,13,15,18-21H2. The van der Waals surface area contributed by atoms with Crippen molar-refractivity contribution in [1.29, 1.82) is 0 Å². The number of imidazole rings is 1. The summed E-state index contributed by atoms with van der Waals surface area (Å²) in [6.45, 7) is 1.70. The van der Waals surface area contributed by atoms with Gasteiger partial charge in [-0.15, -0.1) is 11.3 Å². The molecule has 0 bridgehead atoms. The Bertz CT molecular complexity index is 1410. The third kappa shape index (κ3) is 6.18. The molecule has 1 aliphatic rings. The second-order valence-electron chi connectivity index (χ2n) is 9.15. The molecule has 192 valence electrons. The van der Waals surface area contributed by atoms with E-state index in [1.807, 2.05) is 66.0 Å². The minimum atomic E-state index is -3.74. The molecule has 0 spiro atoms. The number of carbonyl (C=O) groups is 1. The number of amides is 1. The fourth-order valence-corrected chi connectivity index (χ4v) is 6.75. The van der Waals surface area contributed by atoms with Crippen molar-refractivity contribution in [2.75, 3.05) is 13.2 Å². The van der Waals surface area contributed by atoms with Crippen LogP contribution in [0.4, 0.5) is 0 Å². The van der Waals surface area contributed by atoms with E-state index in [0.29, 0.717) is 35.8 Å². The summed E-state index contributed by atoms with van der Waals surface area (Å²) in [5, 5.41) is 1.89. The fraction of sp³-hybridized carbons (Fsp3) is 0.286. The molecule has 37 heavy (non-hydrogen) atoms. The Hall–Kier alpha value is -3.27. The molecule has 0 N–H and O–H groups in total. The van der Waals surface area contributed by atoms with Crippen LogP contribution < -0.4 is 0 Å². The van der Waals surface area contributed by atoms with Gasteiger partial charge in [0.2, 0.25) is 15.0 Å². The normalized spacial score (nSPS) is 15.6. The number of carbonyl (C=O) groups excluding carboxylic acids is 1. The first-order chi connectivity index (χ1) is 18.0. The number of aromatic nitrogens is 2. The van der Waals surface area contributed by atoms with E-state index >= 15 is 0 Å². The van der Waals surface area contributed by atoms with E-state index in [-0.39, 0.29) is 29.5 Å². The molecule has 9 heteroatoms. The van der Waals surface area contributed by atoms with Crippen LogP contribution in [0.1, 0.15) is 39.3 Å². The van der Waals surface area contributed by atoms with Crippen LogP contribution in [0.15, 0.2) is 89.5 Å². The van der Waals surface area contributed by atoms with Crippen molar-refractivity contribution >= 4 is 27.1 Å². The van der Waals surface area contributed by atoms with Crippen molar-refractivity contribution in [1.82, 2.24) is 14.5 Å². The van der Waals surface area contributed by atoms with Crippen LogP contribution >= 0.6 is 11.3 Å². The van der Waals surface area contributed by atoms with Crippen LogP contribution in [-0.2, 0) is 33.4 Å². The first-order valence-corrected chi connectivity index (χ1v) is 14.8. The average molecular weight is 536 g/mol. The molecule has 1 atom stereocenters. The Balaban J connectivity index is 1.50. The minimum absolute atomic E-state index is 0.0100. The monoisotopic (exact) mass is 535 g/mol. The molecule has 0 saturated carbocycles. The Kier molecular flexibility index (Phi) is 7.83. The van der Waals surface area contributed by atoms with Crippen molar-refractivity contribution in [2.45, 2.75) is 42.9 Å². The molecule has 1 amide bonds. The molecule has 1 aliphatic heterocycles. The zero-order chi connectivity index (χ0) is 25.7. The molecule has 7 nitrogen and oxygen atoms in total. The maximum absolute atomic E-state index is 13.5. The zero-order valence-corrected chi connectivity index (χ0v) is 22.0. The van der Waals surface area contributed by atoms with E-state index in [2.05, 4.69) is 4.98 Å². The van der Waals surface area contributed by atoms with Gasteiger partial charge in [0, 0.05) is 13.2 Å². The van der Waals surface area contributed by atoms with Crippen molar-refractivity contribution in [3.8, 4) is 0 Å². The first kappa shape index (κ1) is 25.4. The molecule has 1 saturated heterocycles. The van der Waals surface area contributed by atoms with Gasteiger partial charge in [0.1, 0.15) is 0 Å². The summed E-state index contributed by atoms with van der Waals surface area (Å²) in [6.07, 6.45) is 3.43. The van der Waals surface area contributed by atoms with Crippen molar-refractivity contribution < 1.29 is 17.9 Å². The van der Waals surface area contributed by atoms with Gasteiger partial charge >= 0.3 is 0 Å². The highest BCUT2D eigenvalue weighted by atomic mass is 32.2. The Morgan fingerprint density at radius 3 is 2.41 bits per heavy atom. The fourth-order valence-electron chi connectivity index (χ4n) is 4.56. The van der Waals surface area contributed by atoms with E-state index in [9.17, 15) is 13.2 Å². The first-order valence-electron chi connectivity index (χ1n) is 12.3. The zero-order valence-electron chi connectivity index (χ0n) is 20.4. The molecule has 2 aromatic heterocycles. The molecule has 0 aliphatic carbocycles. The van der Waals surface area contributed by atoms with Gasteiger partial charge in [0.15, 0.2) is 0 Å². The average Bonchev–Trinajstić information content (AvgIpc) is 3.68. The molecular formula is C28H29N3O4S2. The van der Waals surface area contributed by atoms with Gasteiger partial charge < -0.3 is 14.2 Å². The van der Waals surface area contributed by atoms with E-state index in [1.165, 1.54) is 11.3 Å². The summed E-state index contributed by atoms with van der Waals surface area (Å²) in [5.74, 6) is -0.237. The van der Waals surface area contributed by atoms with E-state index < -0.39 is 9.84 Å². The number of rotatable bonds is 10. The second kappa shape index (κ2) is 11.4. The van der Waals surface area contributed by atoms with Gasteiger partial charge in [0.05, 0.1) is 41.7 Å². The third-order valence-electron chi connectivity index (χ3n) is 6.38. The van der Waals surface area contributed by atoms with E-state index in [0.717, 1.165) is 18.4 Å². The SMILES string of the molecule is O=C(c1cccs1)N(Cc1cnc(S(=O)(=O)Cc2ccccc2)n1Cc1ccccc1)CC1CCCO1. The van der Waals surface area contributed by atoms with Gasteiger partial charge in [0.25, 0.3) is 5.91 Å². The van der Waals surface area contributed by atoms with Crippen molar-refractivity contribution in [2.24, 2.45) is 0 Å². The molecular weight excluding hydrogens is 506 g/mol. The number of hydrogen-bond donors (Lipinski definition) is 0. The number of ether oxygens (including phenoxy) is 1. The smallest absolute Gasteiger partial charge is 0.264 e. The van der Waals surface area contributed by atoms with Crippen LogP contribution in [0.2, 0.25) is 0 Å². The number of benzene rings is 2. The summed E-state index contributed by atoms with van der Waals surface area (Å²) >= 11 is 1.40. The lowest BCUT2D eigenvalue weighted by molar-refractivity contribution is 0.0505. The summed E-state index contributed by atoms with van der Waals surface area (Å²) in [5.41, 5.74) is 2.32. The number of thiophene rings is 1. The Labute approximate surface area is 221 Å². The Morgan fingerprint density at radius 1 is 1.03 bits per heavy atom. The predicted molar refractivity (Wildman–Crippen MR) is 143 cm³/mol.